The summed E-state index contributed by atoms with van der Waals surface area (Å²) in [7, 11) is 0. The van der Waals surface area contributed by atoms with Crippen molar-refractivity contribution in [3.8, 4) is 0 Å². The largest absolute Gasteiger partial charge is 0.341 e. The predicted octanol–water partition coefficient (Wildman–Crippen LogP) is 0.393. The van der Waals surface area contributed by atoms with E-state index in [0.29, 0.717) is 5.41 Å². The molecule has 0 bridgehead atoms. The van der Waals surface area contributed by atoms with Gasteiger partial charge in [0.05, 0.1) is 4.92 Å². The lowest BCUT2D eigenvalue weighted by Crippen LogP contribution is -2.45. The average molecular weight is 293 g/mol. The fraction of sp³-hybridized carbons (Fsp3) is 0.692. The molecule has 3 rings (SSSR count). The van der Waals surface area contributed by atoms with Crippen LogP contribution in [0.4, 0.5) is 5.69 Å². The standard InChI is InChI=1S/C13H19N5O3/c19-12(9-17-8-11(7-15-17)18(20)21)16-5-2-13(3-6-16)1-4-14-10-13/h7-8,14H,1-6,9-10H2. The van der Waals surface area contributed by atoms with Gasteiger partial charge >= 0.3 is 5.69 Å². The molecular formula is C13H19N5O3. The van der Waals surface area contributed by atoms with Gasteiger partial charge in [-0.25, -0.2) is 0 Å². The van der Waals surface area contributed by atoms with Crippen LogP contribution < -0.4 is 5.32 Å². The fourth-order valence-corrected chi connectivity index (χ4v) is 3.22. The van der Waals surface area contributed by atoms with Crippen molar-refractivity contribution in [3.63, 3.8) is 0 Å². The number of amides is 1. The second kappa shape index (κ2) is 5.44. The molecule has 0 saturated carbocycles. The maximum Gasteiger partial charge on any atom is 0.307 e. The number of aromatic nitrogens is 2. The number of hydrogen-bond donors (Lipinski definition) is 1. The van der Waals surface area contributed by atoms with Crippen LogP contribution in [0.1, 0.15) is 19.3 Å². The van der Waals surface area contributed by atoms with Crippen LogP contribution in [0.25, 0.3) is 0 Å². The average Bonchev–Trinajstić information content (AvgIpc) is 3.10. The lowest BCUT2D eigenvalue weighted by atomic mass is 9.78. The van der Waals surface area contributed by atoms with Crippen molar-refractivity contribution in [2.75, 3.05) is 26.2 Å². The number of nitrogens with zero attached hydrogens (tertiary/aromatic N) is 4. The van der Waals surface area contributed by atoms with Gasteiger partial charge in [0.2, 0.25) is 5.91 Å². The number of carbonyl (C=O) groups excluding carboxylic acids is 1. The van der Waals surface area contributed by atoms with Crippen molar-refractivity contribution >= 4 is 11.6 Å². The normalized spacial score (nSPS) is 20.9. The number of rotatable bonds is 3. The highest BCUT2D eigenvalue weighted by molar-refractivity contribution is 5.76. The van der Waals surface area contributed by atoms with E-state index in [1.165, 1.54) is 23.5 Å². The van der Waals surface area contributed by atoms with Crippen LogP contribution in [0.5, 0.6) is 0 Å². The van der Waals surface area contributed by atoms with E-state index < -0.39 is 4.92 Å². The van der Waals surface area contributed by atoms with Crippen molar-refractivity contribution in [1.29, 1.82) is 0 Å². The third kappa shape index (κ3) is 2.90. The topological polar surface area (TPSA) is 93.3 Å². The first kappa shape index (κ1) is 14.0. The van der Waals surface area contributed by atoms with Crippen LogP contribution in [0.15, 0.2) is 12.4 Å². The van der Waals surface area contributed by atoms with Gasteiger partial charge in [-0.3, -0.25) is 19.6 Å². The van der Waals surface area contributed by atoms with Crippen LogP contribution in [0, 0.1) is 15.5 Å². The van der Waals surface area contributed by atoms with Crippen LogP contribution >= 0.6 is 0 Å². The molecule has 1 spiro atoms. The molecule has 114 valence electrons. The van der Waals surface area contributed by atoms with E-state index in [0.717, 1.165) is 39.0 Å². The van der Waals surface area contributed by atoms with Crippen LogP contribution in [0.3, 0.4) is 0 Å². The van der Waals surface area contributed by atoms with Crippen molar-refractivity contribution < 1.29 is 9.72 Å². The second-order valence-corrected chi connectivity index (χ2v) is 5.96. The molecule has 0 atom stereocenters. The summed E-state index contributed by atoms with van der Waals surface area (Å²) in [6.07, 6.45) is 5.73. The van der Waals surface area contributed by atoms with Gasteiger partial charge in [-0.05, 0) is 31.2 Å². The first-order valence-electron chi connectivity index (χ1n) is 7.23. The van der Waals surface area contributed by atoms with Crippen LogP contribution in [-0.2, 0) is 11.3 Å². The van der Waals surface area contributed by atoms with E-state index in [2.05, 4.69) is 10.4 Å². The van der Waals surface area contributed by atoms with E-state index in [4.69, 9.17) is 0 Å². The number of likely N-dealkylation sites (tertiary alicyclic amines) is 1. The fourth-order valence-electron chi connectivity index (χ4n) is 3.22. The van der Waals surface area contributed by atoms with Crippen LogP contribution in [0.2, 0.25) is 0 Å². The Morgan fingerprint density at radius 1 is 1.43 bits per heavy atom. The van der Waals surface area contributed by atoms with E-state index >= 15 is 0 Å². The highest BCUT2D eigenvalue weighted by atomic mass is 16.6. The Morgan fingerprint density at radius 2 is 2.19 bits per heavy atom. The van der Waals surface area contributed by atoms with E-state index in [1.807, 2.05) is 4.90 Å². The molecule has 2 aliphatic heterocycles. The maximum absolute atomic E-state index is 12.2. The summed E-state index contributed by atoms with van der Waals surface area (Å²) in [6.45, 7) is 3.73. The summed E-state index contributed by atoms with van der Waals surface area (Å²) in [5.74, 6) is -0.0196. The number of hydrogen-bond acceptors (Lipinski definition) is 5. The Hall–Kier alpha value is -1.96. The molecule has 3 heterocycles. The third-order valence-corrected chi connectivity index (χ3v) is 4.64. The molecule has 1 N–H and O–H groups in total. The molecule has 2 aliphatic rings. The molecule has 2 saturated heterocycles. The summed E-state index contributed by atoms with van der Waals surface area (Å²) in [6, 6.07) is 0. The summed E-state index contributed by atoms with van der Waals surface area (Å²) in [5.41, 5.74) is 0.291. The van der Waals surface area contributed by atoms with Gasteiger partial charge in [-0.1, -0.05) is 0 Å². The Morgan fingerprint density at radius 3 is 2.76 bits per heavy atom. The van der Waals surface area contributed by atoms with Gasteiger partial charge in [0.15, 0.2) is 0 Å². The van der Waals surface area contributed by atoms with Gasteiger partial charge in [-0.15, -0.1) is 0 Å². The minimum atomic E-state index is -0.508. The Bertz CT molecular complexity index is 540. The van der Waals surface area contributed by atoms with Gasteiger partial charge < -0.3 is 10.2 Å². The summed E-state index contributed by atoms with van der Waals surface area (Å²) >= 11 is 0. The third-order valence-electron chi connectivity index (χ3n) is 4.64. The SMILES string of the molecule is O=C(Cn1cc([N+](=O)[O-])cn1)N1CCC2(CCNC2)CC1. The zero-order chi connectivity index (χ0) is 14.9. The van der Waals surface area contributed by atoms with Gasteiger partial charge in [0.1, 0.15) is 18.9 Å². The molecule has 21 heavy (non-hydrogen) atoms. The molecule has 1 aromatic rings. The molecule has 8 heteroatoms. The van der Waals surface area contributed by atoms with Crippen molar-refractivity contribution in [1.82, 2.24) is 20.0 Å². The lowest BCUT2D eigenvalue weighted by molar-refractivity contribution is -0.385. The van der Waals surface area contributed by atoms with E-state index in [-0.39, 0.29) is 18.1 Å². The second-order valence-electron chi connectivity index (χ2n) is 5.96. The summed E-state index contributed by atoms with van der Waals surface area (Å²) in [5, 5.41) is 17.9. The molecule has 0 radical (unpaired) electrons. The highest BCUT2D eigenvalue weighted by Gasteiger charge is 2.38. The minimum Gasteiger partial charge on any atom is -0.341 e. The number of piperidine rings is 1. The number of carbonyl (C=O) groups is 1. The molecule has 0 unspecified atom stereocenters. The van der Waals surface area contributed by atoms with Gasteiger partial charge in [-0.2, -0.15) is 5.10 Å². The molecule has 1 aromatic heterocycles. The first-order chi connectivity index (χ1) is 10.1. The first-order valence-corrected chi connectivity index (χ1v) is 7.23. The van der Waals surface area contributed by atoms with Gasteiger partial charge in [0, 0.05) is 19.6 Å². The molecule has 8 nitrogen and oxygen atoms in total. The zero-order valence-corrected chi connectivity index (χ0v) is 11.8. The quantitative estimate of drug-likeness (QED) is 0.643. The smallest absolute Gasteiger partial charge is 0.307 e. The zero-order valence-electron chi connectivity index (χ0n) is 11.8. The number of nitro groups is 1. The van der Waals surface area contributed by atoms with Crippen molar-refractivity contribution in [3.05, 3.63) is 22.5 Å². The molecule has 0 aliphatic carbocycles. The Balaban J connectivity index is 1.55. The number of nitrogens with one attached hydrogen (secondary N) is 1. The van der Waals surface area contributed by atoms with Crippen molar-refractivity contribution in [2.24, 2.45) is 5.41 Å². The minimum absolute atomic E-state index is 0.0196. The summed E-state index contributed by atoms with van der Waals surface area (Å²) < 4.78 is 1.34. The van der Waals surface area contributed by atoms with Crippen molar-refractivity contribution in [2.45, 2.75) is 25.8 Å². The maximum atomic E-state index is 12.2. The predicted molar refractivity (Wildman–Crippen MR) is 74.6 cm³/mol. The highest BCUT2D eigenvalue weighted by Crippen LogP contribution is 2.36. The Kier molecular flexibility index (Phi) is 3.62. The molecule has 1 amide bonds. The monoisotopic (exact) mass is 293 g/mol. The summed E-state index contributed by atoms with van der Waals surface area (Å²) in [4.78, 5) is 24.2. The van der Waals surface area contributed by atoms with E-state index in [1.54, 1.807) is 0 Å². The molecular weight excluding hydrogens is 274 g/mol. The Labute approximate surface area is 122 Å². The van der Waals surface area contributed by atoms with E-state index in [9.17, 15) is 14.9 Å². The molecule has 0 aromatic carbocycles. The molecule has 2 fully saturated rings. The lowest BCUT2D eigenvalue weighted by Gasteiger charge is -2.38. The van der Waals surface area contributed by atoms with Crippen LogP contribution in [-0.4, -0.2) is 51.7 Å². The van der Waals surface area contributed by atoms with Gasteiger partial charge in [0.25, 0.3) is 0 Å².